The first-order chi connectivity index (χ1) is 12.0. The minimum atomic E-state index is -0.428. The largest absolute Gasteiger partial charge is 0.469 e. The van der Waals surface area contributed by atoms with Crippen molar-refractivity contribution in [1.82, 2.24) is 10.2 Å². The summed E-state index contributed by atoms with van der Waals surface area (Å²) in [6, 6.07) is 6.04. The van der Waals surface area contributed by atoms with Gasteiger partial charge in [0.25, 0.3) is 0 Å². The van der Waals surface area contributed by atoms with Crippen molar-refractivity contribution in [2.45, 2.75) is 51.6 Å². The van der Waals surface area contributed by atoms with Gasteiger partial charge >= 0.3 is 12.0 Å². The Kier molecular flexibility index (Phi) is 7.22. The first-order valence-corrected chi connectivity index (χ1v) is 8.87. The standard InChI is InChI=1S/C19H27FN2O3/c1-14(18(23)25-2)12-22(13-15-8-10-16(20)11-9-15)19(24)21-17-6-4-3-5-7-17/h8-11,14,17H,3-7,12-13H2,1-2H3,(H,21,24). The number of amides is 2. The number of benzene rings is 1. The number of carbonyl (C=O) groups excluding carboxylic acids is 2. The van der Waals surface area contributed by atoms with Crippen LogP contribution in [0.5, 0.6) is 0 Å². The molecule has 138 valence electrons. The van der Waals surface area contributed by atoms with Crippen LogP contribution in [0.25, 0.3) is 0 Å². The van der Waals surface area contributed by atoms with Gasteiger partial charge in [0.1, 0.15) is 5.82 Å². The smallest absolute Gasteiger partial charge is 0.317 e. The molecule has 2 amide bonds. The van der Waals surface area contributed by atoms with E-state index in [-0.39, 0.29) is 30.4 Å². The van der Waals surface area contributed by atoms with Crippen molar-refractivity contribution in [3.05, 3.63) is 35.6 Å². The van der Waals surface area contributed by atoms with E-state index in [0.29, 0.717) is 6.54 Å². The van der Waals surface area contributed by atoms with E-state index in [2.05, 4.69) is 5.32 Å². The Bertz CT molecular complexity index is 571. The highest BCUT2D eigenvalue weighted by Crippen LogP contribution is 2.18. The Hall–Kier alpha value is -2.11. The fourth-order valence-electron chi connectivity index (χ4n) is 3.15. The lowest BCUT2D eigenvalue weighted by Gasteiger charge is -2.29. The third kappa shape index (κ3) is 6.03. The van der Waals surface area contributed by atoms with Gasteiger partial charge in [0.15, 0.2) is 0 Å². The molecule has 0 aliphatic heterocycles. The second-order valence-electron chi connectivity index (χ2n) is 6.72. The molecule has 1 aromatic rings. The predicted octanol–water partition coefficient (Wildman–Crippen LogP) is 3.48. The number of nitrogens with zero attached hydrogens (tertiary/aromatic N) is 1. The average Bonchev–Trinajstić information content (AvgIpc) is 2.62. The van der Waals surface area contributed by atoms with Gasteiger partial charge in [-0.05, 0) is 30.5 Å². The summed E-state index contributed by atoms with van der Waals surface area (Å²) in [5.74, 6) is -1.10. The molecule has 1 aliphatic carbocycles. The molecule has 0 spiro atoms. The van der Waals surface area contributed by atoms with E-state index in [1.54, 1.807) is 24.0 Å². The van der Waals surface area contributed by atoms with Crippen molar-refractivity contribution in [2.24, 2.45) is 5.92 Å². The Balaban J connectivity index is 2.05. The molecule has 0 bridgehead atoms. The Morgan fingerprint density at radius 2 is 1.88 bits per heavy atom. The summed E-state index contributed by atoms with van der Waals surface area (Å²) in [5.41, 5.74) is 0.817. The second kappa shape index (κ2) is 9.39. The van der Waals surface area contributed by atoms with Crippen molar-refractivity contribution < 1.29 is 18.7 Å². The molecule has 1 N–H and O–H groups in total. The van der Waals surface area contributed by atoms with Gasteiger partial charge in [-0.25, -0.2) is 9.18 Å². The van der Waals surface area contributed by atoms with Crippen molar-refractivity contribution in [3.8, 4) is 0 Å². The molecule has 1 aromatic carbocycles. The van der Waals surface area contributed by atoms with E-state index in [1.165, 1.54) is 25.7 Å². The third-order valence-corrected chi connectivity index (χ3v) is 4.60. The number of ether oxygens (including phenoxy) is 1. The van der Waals surface area contributed by atoms with E-state index in [4.69, 9.17) is 4.74 Å². The van der Waals surface area contributed by atoms with E-state index in [1.807, 2.05) is 0 Å². The molecule has 0 saturated heterocycles. The zero-order valence-electron chi connectivity index (χ0n) is 15.0. The SMILES string of the molecule is COC(=O)C(C)CN(Cc1ccc(F)cc1)C(=O)NC1CCCCC1. The van der Waals surface area contributed by atoms with Gasteiger partial charge in [-0.3, -0.25) is 4.79 Å². The van der Waals surface area contributed by atoms with Crippen molar-refractivity contribution in [1.29, 1.82) is 0 Å². The fourth-order valence-corrected chi connectivity index (χ4v) is 3.15. The van der Waals surface area contributed by atoms with E-state index in [0.717, 1.165) is 31.2 Å². The van der Waals surface area contributed by atoms with Crippen molar-refractivity contribution in [2.75, 3.05) is 13.7 Å². The lowest BCUT2D eigenvalue weighted by atomic mass is 9.96. The Morgan fingerprint density at radius 3 is 2.48 bits per heavy atom. The first kappa shape index (κ1) is 19.2. The maximum atomic E-state index is 13.1. The molecular weight excluding hydrogens is 323 g/mol. The summed E-state index contributed by atoms with van der Waals surface area (Å²) < 4.78 is 17.9. The summed E-state index contributed by atoms with van der Waals surface area (Å²) in [6.07, 6.45) is 5.44. The summed E-state index contributed by atoms with van der Waals surface area (Å²) in [6.45, 7) is 2.31. The molecule has 0 radical (unpaired) electrons. The number of rotatable bonds is 6. The fraction of sp³-hybridized carbons (Fsp3) is 0.579. The number of methoxy groups -OCH3 is 1. The highest BCUT2D eigenvalue weighted by atomic mass is 19.1. The summed E-state index contributed by atoms with van der Waals surface area (Å²) in [5, 5.41) is 3.07. The quantitative estimate of drug-likeness (QED) is 0.799. The molecule has 25 heavy (non-hydrogen) atoms. The molecule has 1 aliphatic rings. The van der Waals surface area contributed by atoms with Gasteiger partial charge in [0, 0.05) is 19.1 Å². The topological polar surface area (TPSA) is 58.6 Å². The van der Waals surface area contributed by atoms with Crippen LogP contribution in [0.3, 0.4) is 0 Å². The summed E-state index contributed by atoms with van der Waals surface area (Å²) >= 11 is 0. The number of carbonyl (C=O) groups is 2. The maximum Gasteiger partial charge on any atom is 0.317 e. The van der Waals surface area contributed by atoms with Gasteiger partial charge in [-0.15, -0.1) is 0 Å². The molecule has 2 rings (SSSR count). The van der Waals surface area contributed by atoms with E-state index >= 15 is 0 Å². The lowest BCUT2D eigenvalue weighted by Crippen LogP contribution is -2.47. The van der Waals surface area contributed by atoms with Crippen LogP contribution in [-0.4, -0.2) is 36.6 Å². The third-order valence-electron chi connectivity index (χ3n) is 4.60. The van der Waals surface area contributed by atoms with Crippen LogP contribution in [0.4, 0.5) is 9.18 Å². The normalized spacial score (nSPS) is 16.1. The predicted molar refractivity (Wildman–Crippen MR) is 93.4 cm³/mol. The molecule has 5 nitrogen and oxygen atoms in total. The summed E-state index contributed by atoms with van der Waals surface area (Å²) in [7, 11) is 1.34. The number of halogens is 1. The number of hydrogen-bond donors (Lipinski definition) is 1. The lowest BCUT2D eigenvalue weighted by molar-refractivity contribution is -0.145. The zero-order valence-corrected chi connectivity index (χ0v) is 15.0. The van der Waals surface area contributed by atoms with Crippen LogP contribution in [0, 0.1) is 11.7 Å². The average molecular weight is 350 g/mol. The van der Waals surface area contributed by atoms with Gasteiger partial charge in [0.05, 0.1) is 13.0 Å². The highest BCUT2D eigenvalue weighted by molar-refractivity contribution is 5.76. The van der Waals surface area contributed by atoms with Crippen LogP contribution in [0.2, 0.25) is 0 Å². The van der Waals surface area contributed by atoms with E-state index < -0.39 is 5.92 Å². The monoisotopic (exact) mass is 350 g/mol. The van der Waals surface area contributed by atoms with Crippen LogP contribution in [0.1, 0.15) is 44.6 Å². The number of urea groups is 1. The van der Waals surface area contributed by atoms with Crippen LogP contribution in [-0.2, 0) is 16.1 Å². The second-order valence-corrected chi connectivity index (χ2v) is 6.72. The molecule has 1 saturated carbocycles. The molecule has 1 unspecified atom stereocenters. The zero-order chi connectivity index (χ0) is 18.2. The molecular formula is C19H27FN2O3. The minimum absolute atomic E-state index is 0.186. The van der Waals surface area contributed by atoms with E-state index in [9.17, 15) is 14.0 Å². The summed E-state index contributed by atoms with van der Waals surface area (Å²) in [4.78, 5) is 26.0. The number of nitrogens with one attached hydrogen (secondary N) is 1. The first-order valence-electron chi connectivity index (χ1n) is 8.87. The minimum Gasteiger partial charge on any atom is -0.469 e. The molecule has 0 aromatic heterocycles. The van der Waals surface area contributed by atoms with Gasteiger partial charge < -0.3 is 15.0 Å². The molecule has 0 heterocycles. The van der Waals surface area contributed by atoms with Gasteiger partial charge in [-0.1, -0.05) is 38.3 Å². The Labute approximate surface area is 148 Å². The van der Waals surface area contributed by atoms with Crippen molar-refractivity contribution >= 4 is 12.0 Å². The molecule has 6 heteroatoms. The van der Waals surface area contributed by atoms with Crippen molar-refractivity contribution in [3.63, 3.8) is 0 Å². The number of esters is 1. The van der Waals surface area contributed by atoms with Gasteiger partial charge in [0.2, 0.25) is 0 Å². The van der Waals surface area contributed by atoms with Crippen LogP contribution < -0.4 is 5.32 Å². The van der Waals surface area contributed by atoms with Crippen LogP contribution in [0.15, 0.2) is 24.3 Å². The molecule has 1 fully saturated rings. The Morgan fingerprint density at radius 1 is 1.24 bits per heavy atom. The maximum absolute atomic E-state index is 13.1. The number of hydrogen-bond acceptors (Lipinski definition) is 3. The highest BCUT2D eigenvalue weighted by Gasteiger charge is 2.24. The van der Waals surface area contributed by atoms with Gasteiger partial charge in [-0.2, -0.15) is 0 Å². The van der Waals surface area contributed by atoms with Crippen LogP contribution >= 0.6 is 0 Å². The molecule has 1 atom stereocenters.